The van der Waals surface area contributed by atoms with Gasteiger partial charge in [-0.2, -0.15) is 0 Å². The lowest BCUT2D eigenvalue weighted by molar-refractivity contribution is 0.566. The van der Waals surface area contributed by atoms with Crippen LogP contribution < -0.4 is 5.40 Å². The molecule has 0 unspecified atom stereocenters. The zero-order valence-corrected chi connectivity index (χ0v) is 3.49. The highest BCUT2D eigenvalue weighted by molar-refractivity contribution is 6.36. The average Bonchev–Trinajstić information content (AvgIpc) is 0.811. The first kappa shape index (κ1) is 3.82. The Balaban J connectivity index is 2.80. The molecule has 0 atom stereocenters. The van der Waals surface area contributed by atoms with E-state index in [2.05, 4.69) is 5.40 Å². The lowest BCUT2D eigenvalue weighted by Crippen LogP contribution is -2.05. The van der Waals surface area contributed by atoms with E-state index in [1.165, 1.54) is 6.55 Å². The highest BCUT2D eigenvalue weighted by Gasteiger charge is 1.70. The van der Waals surface area contributed by atoms with Gasteiger partial charge in [0, 0.05) is 0 Å². The van der Waals surface area contributed by atoms with Crippen molar-refractivity contribution in [3.63, 3.8) is 0 Å². The fraction of sp³-hybridized carbons (Fsp3) is 1.00. The average molecular weight is 75.1 g/mol. The van der Waals surface area contributed by atoms with Crippen LogP contribution in [0.3, 0.4) is 0 Å². The Hall–Kier alpha value is -0.183. The number of nitrogens with two attached hydrogens (primary N) is 1. The van der Waals surface area contributed by atoms with Gasteiger partial charge in [-0.1, -0.05) is 0 Å². The third-order valence-corrected chi connectivity index (χ3v) is 0. The summed E-state index contributed by atoms with van der Waals surface area (Å²) in [6.07, 6.45) is 0. The van der Waals surface area contributed by atoms with Crippen molar-refractivity contribution < 1.29 is 4.46 Å². The predicted molar refractivity (Wildman–Crippen MR) is 16.5 cm³/mol. The second kappa shape index (κ2) is 1.17. The Labute approximate surface area is 26.4 Å². The third kappa shape index (κ3) is 36.2. The first-order chi connectivity index (χ1) is 1.73. The van der Waals surface area contributed by atoms with Crippen LogP contribution in [0.2, 0.25) is 6.55 Å². The molecule has 0 bridgehead atoms. The largest absolute Gasteiger partial charge is 0.403 e. The van der Waals surface area contributed by atoms with Crippen molar-refractivity contribution >= 4 is 8.84 Å². The van der Waals surface area contributed by atoms with E-state index in [0.29, 0.717) is 0 Å². The summed E-state index contributed by atoms with van der Waals surface area (Å²) in [6.45, 7) is 1.49. The Kier molecular flexibility index (Phi) is 1.12. The molecule has 24 valence electrons. The second-order valence-corrected chi connectivity index (χ2v) is 1.83. The Morgan fingerprint density at radius 3 is 2.00 bits per heavy atom. The Morgan fingerprint density at radius 2 is 2.00 bits per heavy atom. The summed E-state index contributed by atoms with van der Waals surface area (Å²) in [7, 11) is -1.63. The Bertz CT molecular complexity index is 31.0. The molecular formula is CH5NOSi. The molecule has 0 aliphatic rings. The fourth-order valence-corrected chi connectivity index (χ4v) is 0. The van der Waals surface area contributed by atoms with E-state index in [-0.39, 0.29) is 0 Å². The first-order valence-corrected chi connectivity index (χ1v) is 2.98. The fourth-order valence-electron chi connectivity index (χ4n) is 0. The predicted octanol–water partition coefficient (Wildman–Crippen LogP) is -0.506. The van der Waals surface area contributed by atoms with Crippen LogP contribution in [0.25, 0.3) is 0 Å². The molecule has 0 amide bonds. The van der Waals surface area contributed by atoms with Gasteiger partial charge in [-0.05, 0) is 6.55 Å². The van der Waals surface area contributed by atoms with Crippen LogP contribution in [0.4, 0.5) is 0 Å². The Morgan fingerprint density at radius 1 is 2.00 bits per heavy atom. The summed E-state index contributed by atoms with van der Waals surface area (Å²) in [5, 5.41) is 4.66. The molecule has 0 aromatic rings. The number of hydrogen-bond acceptors (Lipinski definition) is 1. The summed E-state index contributed by atoms with van der Waals surface area (Å²) in [5.74, 6) is 0. The van der Waals surface area contributed by atoms with Crippen molar-refractivity contribution in [2.45, 2.75) is 6.55 Å². The molecule has 0 rings (SSSR count). The normalized spacial score (nSPS) is 6.25. The molecular weight excluding hydrogens is 70.1 g/mol. The van der Waals surface area contributed by atoms with Crippen LogP contribution >= 0.6 is 0 Å². The molecule has 2 N–H and O–H groups in total. The van der Waals surface area contributed by atoms with Crippen LogP contribution in [-0.2, 0) is 4.46 Å². The van der Waals surface area contributed by atoms with E-state index in [0.717, 1.165) is 0 Å². The lowest BCUT2D eigenvalue weighted by atomic mass is 11.9. The van der Waals surface area contributed by atoms with Gasteiger partial charge >= 0.3 is 8.84 Å². The maximum atomic E-state index is 9.41. The van der Waals surface area contributed by atoms with Crippen LogP contribution in [0.1, 0.15) is 0 Å². The summed E-state index contributed by atoms with van der Waals surface area (Å²) in [6, 6.07) is 0. The molecule has 0 heterocycles. The van der Waals surface area contributed by atoms with Crippen molar-refractivity contribution in [3.05, 3.63) is 0 Å². The quantitative estimate of drug-likeness (QED) is 0.394. The van der Waals surface area contributed by atoms with E-state index < -0.39 is 8.84 Å². The highest BCUT2D eigenvalue weighted by Crippen LogP contribution is 1.31. The highest BCUT2D eigenvalue weighted by atomic mass is 28.3. The minimum Gasteiger partial charge on any atom is -0.403 e. The SMILES string of the molecule is C[Si](N)=O. The van der Waals surface area contributed by atoms with E-state index in [1.54, 1.807) is 0 Å². The van der Waals surface area contributed by atoms with Crippen molar-refractivity contribution in [2.75, 3.05) is 0 Å². The summed E-state index contributed by atoms with van der Waals surface area (Å²) >= 11 is 0. The van der Waals surface area contributed by atoms with Crippen molar-refractivity contribution in [2.24, 2.45) is 5.40 Å². The van der Waals surface area contributed by atoms with Crippen LogP contribution in [0, 0.1) is 0 Å². The molecule has 0 aliphatic carbocycles. The minimum atomic E-state index is -1.63. The van der Waals surface area contributed by atoms with Gasteiger partial charge in [0.15, 0.2) is 0 Å². The molecule has 3 heteroatoms. The van der Waals surface area contributed by atoms with Gasteiger partial charge in [0.1, 0.15) is 0 Å². The molecule has 0 aromatic carbocycles. The van der Waals surface area contributed by atoms with Crippen molar-refractivity contribution in [3.8, 4) is 0 Å². The van der Waals surface area contributed by atoms with Gasteiger partial charge in [0.25, 0.3) is 0 Å². The van der Waals surface area contributed by atoms with Crippen molar-refractivity contribution in [1.29, 1.82) is 0 Å². The summed E-state index contributed by atoms with van der Waals surface area (Å²) < 4.78 is 9.41. The second-order valence-electron chi connectivity index (χ2n) is 0.611. The van der Waals surface area contributed by atoms with Crippen LogP contribution in [-0.4, -0.2) is 8.84 Å². The third-order valence-electron chi connectivity index (χ3n) is 0. The van der Waals surface area contributed by atoms with Gasteiger partial charge in [0.05, 0.1) is 0 Å². The van der Waals surface area contributed by atoms with E-state index >= 15 is 0 Å². The van der Waals surface area contributed by atoms with Gasteiger partial charge in [0.2, 0.25) is 0 Å². The topological polar surface area (TPSA) is 43.1 Å². The van der Waals surface area contributed by atoms with Gasteiger partial charge < -0.3 is 9.86 Å². The number of hydrogen-bond donors (Lipinski definition) is 1. The molecule has 0 aliphatic heterocycles. The smallest absolute Gasteiger partial charge is 0.386 e. The van der Waals surface area contributed by atoms with Gasteiger partial charge in [-0.15, -0.1) is 0 Å². The maximum absolute atomic E-state index is 9.41. The molecule has 0 spiro atoms. The van der Waals surface area contributed by atoms with E-state index in [9.17, 15) is 4.46 Å². The summed E-state index contributed by atoms with van der Waals surface area (Å²) in [5.41, 5.74) is 0. The van der Waals surface area contributed by atoms with Gasteiger partial charge in [-0.25, -0.2) is 0 Å². The van der Waals surface area contributed by atoms with E-state index in [4.69, 9.17) is 0 Å². The molecule has 0 saturated carbocycles. The molecule has 0 fully saturated rings. The molecule has 2 nitrogen and oxygen atoms in total. The molecule has 0 saturated heterocycles. The first-order valence-electron chi connectivity index (χ1n) is 0.993. The maximum Gasteiger partial charge on any atom is 0.386 e. The number of rotatable bonds is 0. The zero-order valence-electron chi connectivity index (χ0n) is 2.49. The molecule has 0 aromatic heterocycles. The summed E-state index contributed by atoms with van der Waals surface area (Å²) in [4.78, 5) is 0. The standard InChI is InChI=1S/CH5NOSi/c1-4(2)3/h2H2,1H3. The van der Waals surface area contributed by atoms with E-state index in [1.807, 2.05) is 0 Å². The molecule has 0 radical (unpaired) electrons. The molecule has 4 heavy (non-hydrogen) atoms. The zero-order chi connectivity index (χ0) is 3.58. The van der Waals surface area contributed by atoms with Crippen molar-refractivity contribution in [1.82, 2.24) is 0 Å². The van der Waals surface area contributed by atoms with Crippen LogP contribution in [0.15, 0.2) is 0 Å². The minimum absolute atomic E-state index is 1.49. The monoisotopic (exact) mass is 75.0 g/mol. The lowest BCUT2D eigenvalue weighted by Gasteiger charge is -1.55. The van der Waals surface area contributed by atoms with Gasteiger partial charge in [-0.3, -0.25) is 0 Å². The van der Waals surface area contributed by atoms with Crippen LogP contribution in [0.5, 0.6) is 0 Å².